The van der Waals surface area contributed by atoms with Crippen LogP contribution in [0.15, 0.2) is 42.5 Å². The standard InChI is InChI=1S/C13H15N3O/c1-17-9-6-7-13(11(15)8-9)16-12-5-3-2-4-10(12)14/h2-8,16H,14-15H2,1H3. The molecule has 2 aromatic rings. The Balaban J connectivity index is 2.28. The number of benzene rings is 2. The van der Waals surface area contributed by atoms with Gasteiger partial charge in [0.2, 0.25) is 0 Å². The quantitative estimate of drug-likeness (QED) is 0.707. The minimum absolute atomic E-state index is 0.618. The smallest absolute Gasteiger partial charge is 0.121 e. The van der Waals surface area contributed by atoms with E-state index in [4.69, 9.17) is 16.2 Å². The van der Waals surface area contributed by atoms with E-state index >= 15 is 0 Å². The molecule has 0 aliphatic rings. The van der Waals surface area contributed by atoms with E-state index < -0.39 is 0 Å². The van der Waals surface area contributed by atoms with Gasteiger partial charge < -0.3 is 21.5 Å². The lowest BCUT2D eigenvalue weighted by atomic mass is 10.2. The van der Waals surface area contributed by atoms with Crippen molar-refractivity contribution < 1.29 is 4.74 Å². The molecular weight excluding hydrogens is 214 g/mol. The number of ether oxygens (including phenoxy) is 1. The summed E-state index contributed by atoms with van der Waals surface area (Å²) in [6, 6.07) is 13.0. The van der Waals surface area contributed by atoms with Crippen molar-refractivity contribution >= 4 is 22.7 Å². The Morgan fingerprint density at radius 2 is 1.65 bits per heavy atom. The SMILES string of the molecule is COc1ccc(Nc2ccccc2N)c(N)c1. The van der Waals surface area contributed by atoms with E-state index in [0.717, 1.165) is 17.1 Å². The Hall–Kier alpha value is -2.36. The Kier molecular flexibility index (Phi) is 3.05. The van der Waals surface area contributed by atoms with Crippen LogP contribution in [0.4, 0.5) is 22.7 Å². The molecule has 0 aliphatic carbocycles. The third-order valence-corrected chi connectivity index (χ3v) is 2.49. The molecule has 0 aromatic heterocycles. The van der Waals surface area contributed by atoms with Crippen LogP contribution < -0.4 is 21.5 Å². The zero-order valence-corrected chi connectivity index (χ0v) is 9.60. The predicted octanol–water partition coefficient (Wildman–Crippen LogP) is 2.60. The summed E-state index contributed by atoms with van der Waals surface area (Å²) in [4.78, 5) is 0. The summed E-state index contributed by atoms with van der Waals surface area (Å²) < 4.78 is 5.09. The molecule has 4 nitrogen and oxygen atoms in total. The fourth-order valence-electron chi connectivity index (χ4n) is 1.54. The van der Waals surface area contributed by atoms with Crippen molar-refractivity contribution in [3.63, 3.8) is 0 Å². The maximum absolute atomic E-state index is 5.91. The molecule has 0 saturated carbocycles. The van der Waals surface area contributed by atoms with Crippen molar-refractivity contribution in [3.8, 4) is 5.75 Å². The van der Waals surface area contributed by atoms with Gasteiger partial charge >= 0.3 is 0 Å². The second-order valence-corrected chi connectivity index (χ2v) is 3.67. The fraction of sp³-hybridized carbons (Fsp3) is 0.0769. The van der Waals surface area contributed by atoms with Crippen molar-refractivity contribution in [3.05, 3.63) is 42.5 Å². The second kappa shape index (κ2) is 4.65. The van der Waals surface area contributed by atoms with Crippen LogP contribution in [0.1, 0.15) is 0 Å². The van der Waals surface area contributed by atoms with E-state index in [9.17, 15) is 0 Å². The van der Waals surface area contributed by atoms with E-state index in [1.807, 2.05) is 36.4 Å². The lowest BCUT2D eigenvalue weighted by Crippen LogP contribution is -1.99. The monoisotopic (exact) mass is 229 g/mol. The van der Waals surface area contributed by atoms with Gasteiger partial charge in [0.05, 0.1) is 29.9 Å². The van der Waals surface area contributed by atoms with Gasteiger partial charge in [0.15, 0.2) is 0 Å². The van der Waals surface area contributed by atoms with Gasteiger partial charge in [0.1, 0.15) is 5.75 Å². The average molecular weight is 229 g/mol. The first-order chi connectivity index (χ1) is 8.20. The van der Waals surface area contributed by atoms with E-state index in [0.29, 0.717) is 11.4 Å². The largest absolute Gasteiger partial charge is 0.497 e. The number of nitrogens with one attached hydrogen (secondary N) is 1. The van der Waals surface area contributed by atoms with Gasteiger partial charge in [0, 0.05) is 6.07 Å². The Morgan fingerprint density at radius 1 is 0.941 bits per heavy atom. The van der Waals surface area contributed by atoms with Gasteiger partial charge in [-0.2, -0.15) is 0 Å². The van der Waals surface area contributed by atoms with Gasteiger partial charge in [-0.25, -0.2) is 0 Å². The molecule has 0 amide bonds. The van der Waals surface area contributed by atoms with Gasteiger partial charge in [-0.15, -0.1) is 0 Å². The molecule has 0 atom stereocenters. The molecule has 5 N–H and O–H groups in total. The summed E-state index contributed by atoms with van der Waals surface area (Å²) in [5.41, 5.74) is 14.7. The first kappa shape index (κ1) is 11.1. The van der Waals surface area contributed by atoms with Crippen molar-refractivity contribution in [2.45, 2.75) is 0 Å². The summed E-state index contributed by atoms with van der Waals surface area (Å²) in [6.07, 6.45) is 0. The highest BCUT2D eigenvalue weighted by Gasteiger charge is 2.03. The third-order valence-electron chi connectivity index (χ3n) is 2.49. The highest BCUT2D eigenvalue weighted by atomic mass is 16.5. The number of hydrogen-bond acceptors (Lipinski definition) is 4. The molecule has 0 unspecified atom stereocenters. The van der Waals surface area contributed by atoms with Crippen molar-refractivity contribution in [2.75, 3.05) is 23.9 Å². The molecule has 0 saturated heterocycles. The number of nitrogens with two attached hydrogens (primary N) is 2. The maximum Gasteiger partial charge on any atom is 0.121 e. The number of methoxy groups -OCH3 is 1. The van der Waals surface area contributed by atoms with Gasteiger partial charge in [0.25, 0.3) is 0 Å². The molecular formula is C13H15N3O. The molecule has 2 rings (SSSR count). The van der Waals surface area contributed by atoms with Crippen LogP contribution in [0.5, 0.6) is 5.75 Å². The number of rotatable bonds is 3. The van der Waals surface area contributed by atoms with Crippen LogP contribution in [0.25, 0.3) is 0 Å². The topological polar surface area (TPSA) is 73.3 Å². The summed E-state index contributed by atoms with van der Waals surface area (Å²) in [7, 11) is 1.61. The summed E-state index contributed by atoms with van der Waals surface area (Å²) >= 11 is 0. The molecule has 2 aromatic carbocycles. The number of hydrogen-bond donors (Lipinski definition) is 3. The normalized spacial score (nSPS) is 9.94. The first-order valence-corrected chi connectivity index (χ1v) is 5.26. The fourth-order valence-corrected chi connectivity index (χ4v) is 1.54. The van der Waals surface area contributed by atoms with Crippen LogP contribution in [0, 0.1) is 0 Å². The second-order valence-electron chi connectivity index (χ2n) is 3.67. The highest BCUT2D eigenvalue weighted by Crippen LogP contribution is 2.29. The van der Waals surface area contributed by atoms with E-state index in [-0.39, 0.29) is 0 Å². The van der Waals surface area contributed by atoms with Crippen LogP contribution in [0.2, 0.25) is 0 Å². The summed E-state index contributed by atoms with van der Waals surface area (Å²) in [5.74, 6) is 0.731. The third kappa shape index (κ3) is 2.42. The molecule has 0 aliphatic heterocycles. The molecule has 0 spiro atoms. The number of para-hydroxylation sites is 2. The lowest BCUT2D eigenvalue weighted by Gasteiger charge is -2.12. The number of nitrogen functional groups attached to an aromatic ring is 2. The van der Waals surface area contributed by atoms with Crippen LogP contribution >= 0.6 is 0 Å². The van der Waals surface area contributed by atoms with Gasteiger partial charge in [-0.05, 0) is 24.3 Å². The first-order valence-electron chi connectivity index (χ1n) is 5.26. The van der Waals surface area contributed by atoms with Crippen molar-refractivity contribution in [1.29, 1.82) is 0 Å². The van der Waals surface area contributed by atoms with Crippen LogP contribution in [0.3, 0.4) is 0 Å². The Bertz CT molecular complexity index is 526. The molecule has 88 valence electrons. The van der Waals surface area contributed by atoms with E-state index in [1.165, 1.54) is 0 Å². The number of anilines is 4. The minimum atomic E-state index is 0.618. The molecule has 17 heavy (non-hydrogen) atoms. The predicted molar refractivity (Wildman–Crippen MR) is 71.5 cm³/mol. The van der Waals surface area contributed by atoms with E-state index in [1.54, 1.807) is 13.2 Å². The molecule has 4 heteroatoms. The summed E-state index contributed by atoms with van der Waals surface area (Å²) in [5, 5.41) is 3.19. The Morgan fingerprint density at radius 3 is 2.29 bits per heavy atom. The summed E-state index contributed by atoms with van der Waals surface area (Å²) in [6.45, 7) is 0. The molecule has 0 radical (unpaired) electrons. The minimum Gasteiger partial charge on any atom is -0.497 e. The molecule has 0 fully saturated rings. The van der Waals surface area contributed by atoms with Crippen molar-refractivity contribution in [2.24, 2.45) is 0 Å². The van der Waals surface area contributed by atoms with Crippen LogP contribution in [-0.4, -0.2) is 7.11 Å². The van der Waals surface area contributed by atoms with E-state index in [2.05, 4.69) is 5.32 Å². The van der Waals surface area contributed by atoms with Gasteiger partial charge in [-0.3, -0.25) is 0 Å². The lowest BCUT2D eigenvalue weighted by molar-refractivity contribution is 0.415. The average Bonchev–Trinajstić information content (AvgIpc) is 2.34. The molecule has 0 heterocycles. The van der Waals surface area contributed by atoms with Crippen molar-refractivity contribution in [1.82, 2.24) is 0 Å². The Labute approximate surface area is 100 Å². The zero-order chi connectivity index (χ0) is 12.3. The zero-order valence-electron chi connectivity index (χ0n) is 9.60. The van der Waals surface area contributed by atoms with Gasteiger partial charge in [-0.1, -0.05) is 12.1 Å². The highest BCUT2D eigenvalue weighted by molar-refractivity contribution is 5.79. The van der Waals surface area contributed by atoms with Crippen LogP contribution in [-0.2, 0) is 0 Å². The maximum atomic E-state index is 5.91. The molecule has 0 bridgehead atoms.